The van der Waals surface area contributed by atoms with E-state index < -0.39 is 0 Å². The summed E-state index contributed by atoms with van der Waals surface area (Å²) in [4.78, 5) is 0. The van der Waals surface area contributed by atoms with E-state index in [4.69, 9.17) is 0 Å². The van der Waals surface area contributed by atoms with Gasteiger partial charge in [0.05, 0.1) is 0 Å². The topological polar surface area (TPSA) is 0 Å². The summed E-state index contributed by atoms with van der Waals surface area (Å²) in [6.45, 7) is 9.60. The zero-order chi connectivity index (χ0) is 14.8. The van der Waals surface area contributed by atoms with Crippen molar-refractivity contribution in [2.45, 2.75) is 45.4 Å². The molecule has 21 heavy (non-hydrogen) atoms. The van der Waals surface area contributed by atoms with Gasteiger partial charge in [-0.05, 0) is 45.4 Å². The fourth-order valence-electron chi connectivity index (χ4n) is 4.84. The minimum absolute atomic E-state index is 0.397. The third-order valence-corrected chi connectivity index (χ3v) is 5.83. The number of fused-ring (bicyclic) bond motifs is 5. The first kappa shape index (κ1) is 13.1. The van der Waals surface area contributed by atoms with Gasteiger partial charge < -0.3 is 0 Å². The van der Waals surface area contributed by atoms with Gasteiger partial charge in [-0.25, -0.2) is 0 Å². The Balaban J connectivity index is 2.02. The molecule has 2 aromatic carbocycles. The molecule has 0 N–H and O–H groups in total. The van der Waals surface area contributed by atoms with E-state index in [0.29, 0.717) is 29.1 Å². The van der Waals surface area contributed by atoms with Crippen molar-refractivity contribution < 1.29 is 0 Å². The van der Waals surface area contributed by atoms with Crippen LogP contribution in [0.5, 0.6) is 0 Å². The van der Waals surface area contributed by atoms with E-state index in [1.165, 1.54) is 0 Å². The molecule has 0 heterocycles. The van der Waals surface area contributed by atoms with Crippen molar-refractivity contribution in [2.75, 3.05) is 0 Å². The van der Waals surface area contributed by atoms with Crippen LogP contribution in [0.4, 0.5) is 0 Å². The zero-order valence-electron chi connectivity index (χ0n) is 13.4. The van der Waals surface area contributed by atoms with Crippen molar-refractivity contribution in [3.05, 3.63) is 70.8 Å². The second kappa shape index (κ2) is 4.22. The van der Waals surface area contributed by atoms with Gasteiger partial charge in [0.1, 0.15) is 0 Å². The van der Waals surface area contributed by atoms with Crippen LogP contribution in [0.2, 0.25) is 0 Å². The lowest BCUT2D eigenvalue weighted by atomic mass is 9.78. The van der Waals surface area contributed by atoms with Crippen molar-refractivity contribution >= 4 is 0 Å². The van der Waals surface area contributed by atoms with Crippen molar-refractivity contribution in [2.24, 2.45) is 11.3 Å². The van der Waals surface area contributed by atoms with E-state index in [2.05, 4.69) is 76.2 Å². The molecule has 0 amide bonds. The molecule has 0 radical (unpaired) electrons. The lowest BCUT2D eigenvalue weighted by Gasteiger charge is -2.26. The van der Waals surface area contributed by atoms with Gasteiger partial charge in [-0.3, -0.25) is 0 Å². The van der Waals surface area contributed by atoms with Crippen LogP contribution in [-0.2, 0) is 0 Å². The molecule has 0 spiro atoms. The summed E-state index contributed by atoms with van der Waals surface area (Å²) in [6, 6.07) is 18.4. The predicted octanol–water partition coefficient (Wildman–Crippen LogP) is 5.70. The Morgan fingerprint density at radius 1 is 0.714 bits per heavy atom. The number of hydrogen-bond acceptors (Lipinski definition) is 0. The normalized spacial score (nSPS) is 28.3. The average molecular weight is 276 g/mol. The van der Waals surface area contributed by atoms with E-state index >= 15 is 0 Å². The molecule has 2 unspecified atom stereocenters. The van der Waals surface area contributed by atoms with E-state index in [-0.39, 0.29) is 0 Å². The first-order chi connectivity index (χ1) is 10.0. The van der Waals surface area contributed by atoms with Crippen LogP contribution in [0.25, 0.3) is 0 Å². The SMILES string of the molecule is CC(C)C1c2ccccc2C2C(c3ccccc31)C2(C)C. The molecule has 0 aromatic heterocycles. The van der Waals surface area contributed by atoms with Crippen LogP contribution in [0.3, 0.4) is 0 Å². The number of benzene rings is 2. The minimum atomic E-state index is 0.397. The standard InChI is InChI=1S/C21H24/c1-13(2)18-14-9-5-7-11-16(14)19-20(21(19,3)4)17-12-8-6-10-15(17)18/h5-13,18-20H,1-4H3. The summed E-state index contributed by atoms with van der Waals surface area (Å²) in [6.07, 6.45) is 0. The summed E-state index contributed by atoms with van der Waals surface area (Å²) in [5.74, 6) is 2.56. The lowest BCUT2D eigenvalue weighted by Crippen LogP contribution is -2.13. The second-order valence-corrected chi connectivity index (χ2v) is 7.76. The summed E-state index contributed by atoms with van der Waals surface area (Å²) in [5, 5.41) is 0. The average Bonchev–Trinajstić information content (AvgIpc) is 3.06. The maximum absolute atomic E-state index is 2.44. The molecule has 0 nitrogen and oxygen atoms in total. The third kappa shape index (κ3) is 1.68. The van der Waals surface area contributed by atoms with E-state index in [0.717, 1.165) is 0 Å². The molecule has 4 rings (SSSR count). The Labute approximate surface area is 128 Å². The smallest absolute Gasteiger partial charge is 0.0118 e. The molecule has 2 aromatic rings. The van der Waals surface area contributed by atoms with E-state index in [1.54, 1.807) is 22.3 Å². The number of rotatable bonds is 1. The van der Waals surface area contributed by atoms with Gasteiger partial charge in [-0.1, -0.05) is 76.2 Å². The van der Waals surface area contributed by atoms with Crippen molar-refractivity contribution in [3.8, 4) is 0 Å². The molecular formula is C21H24. The molecule has 0 aliphatic heterocycles. The molecule has 1 saturated carbocycles. The van der Waals surface area contributed by atoms with Crippen LogP contribution in [0.1, 0.15) is 67.7 Å². The summed E-state index contributed by atoms with van der Waals surface area (Å²) in [5.41, 5.74) is 6.73. The Bertz CT molecular complexity index is 637. The van der Waals surface area contributed by atoms with Crippen LogP contribution < -0.4 is 0 Å². The van der Waals surface area contributed by atoms with E-state index in [9.17, 15) is 0 Å². The Hall–Kier alpha value is -1.56. The molecule has 0 bridgehead atoms. The molecule has 2 aliphatic rings. The maximum atomic E-state index is 2.44. The zero-order valence-corrected chi connectivity index (χ0v) is 13.4. The molecular weight excluding hydrogens is 252 g/mol. The fraction of sp³-hybridized carbons (Fsp3) is 0.429. The molecule has 0 heteroatoms. The van der Waals surface area contributed by atoms with Crippen LogP contribution >= 0.6 is 0 Å². The lowest BCUT2D eigenvalue weighted by molar-refractivity contribution is 0.540. The van der Waals surface area contributed by atoms with Crippen LogP contribution in [0, 0.1) is 11.3 Å². The molecule has 2 atom stereocenters. The quantitative estimate of drug-likeness (QED) is 0.627. The summed E-state index contributed by atoms with van der Waals surface area (Å²) >= 11 is 0. The highest BCUT2D eigenvalue weighted by atomic mass is 14.6. The van der Waals surface area contributed by atoms with Gasteiger partial charge in [0, 0.05) is 5.92 Å². The van der Waals surface area contributed by atoms with Crippen molar-refractivity contribution in [1.29, 1.82) is 0 Å². The van der Waals surface area contributed by atoms with Gasteiger partial charge in [0.25, 0.3) is 0 Å². The van der Waals surface area contributed by atoms with E-state index in [1.807, 2.05) is 0 Å². The van der Waals surface area contributed by atoms with Crippen LogP contribution in [0.15, 0.2) is 48.5 Å². The largest absolute Gasteiger partial charge is 0.0620 e. The first-order valence-electron chi connectivity index (χ1n) is 8.21. The Kier molecular flexibility index (Phi) is 2.64. The summed E-state index contributed by atoms with van der Waals surface area (Å²) < 4.78 is 0. The van der Waals surface area contributed by atoms with Crippen molar-refractivity contribution in [1.82, 2.24) is 0 Å². The van der Waals surface area contributed by atoms with Crippen LogP contribution in [-0.4, -0.2) is 0 Å². The van der Waals surface area contributed by atoms with Gasteiger partial charge in [-0.2, -0.15) is 0 Å². The van der Waals surface area contributed by atoms with Gasteiger partial charge in [0.2, 0.25) is 0 Å². The molecule has 108 valence electrons. The monoisotopic (exact) mass is 276 g/mol. The van der Waals surface area contributed by atoms with Gasteiger partial charge >= 0.3 is 0 Å². The van der Waals surface area contributed by atoms with Crippen molar-refractivity contribution in [3.63, 3.8) is 0 Å². The third-order valence-electron chi connectivity index (χ3n) is 5.83. The van der Waals surface area contributed by atoms with Gasteiger partial charge in [-0.15, -0.1) is 0 Å². The maximum Gasteiger partial charge on any atom is 0.0118 e. The van der Waals surface area contributed by atoms with Gasteiger partial charge in [0.15, 0.2) is 0 Å². The molecule has 1 fully saturated rings. The highest BCUT2D eigenvalue weighted by molar-refractivity contribution is 5.56. The highest BCUT2D eigenvalue weighted by Gasteiger charge is 2.61. The minimum Gasteiger partial charge on any atom is -0.0620 e. The molecule has 2 aliphatic carbocycles. The first-order valence-corrected chi connectivity index (χ1v) is 8.21. The number of hydrogen-bond donors (Lipinski definition) is 0. The Morgan fingerprint density at radius 2 is 1.10 bits per heavy atom. The summed E-state index contributed by atoms with van der Waals surface area (Å²) in [7, 11) is 0. The Morgan fingerprint density at radius 3 is 1.48 bits per heavy atom. The second-order valence-electron chi connectivity index (χ2n) is 7.76. The molecule has 0 saturated heterocycles. The predicted molar refractivity (Wildman–Crippen MR) is 88.8 cm³/mol. The highest BCUT2D eigenvalue weighted by Crippen LogP contribution is 2.72. The fourth-order valence-corrected chi connectivity index (χ4v) is 4.84.